The van der Waals surface area contributed by atoms with Gasteiger partial charge in [-0.2, -0.15) is 13.2 Å². The smallest absolute Gasteiger partial charge is 0.390 e. The maximum Gasteiger partial charge on any atom is 0.390 e. The van der Waals surface area contributed by atoms with Gasteiger partial charge in [-0.25, -0.2) is 0 Å². The molecular weight excluding hydrogens is 410 g/mol. The van der Waals surface area contributed by atoms with Crippen LogP contribution in [0.4, 0.5) is 13.2 Å². The lowest BCUT2D eigenvalue weighted by molar-refractivity contribution is -0.132. The number of aryl methyl sites for hydroxylation is 1. The summed E-state index contributed by atoms with van der Waals surface area (Å²) >= 11 is 0. The molecule has 1 rings (SSSR count). The summed E-state index contributed by atoms with van der Waals surface area (Å²) in [7, 11) is 3.12. The minimum absolute atomic E-state index is 0. The molecule has 1 aromatic rings. The zero-order valence-electron chi connectivity index (χ0n) is 12.8. The first-order valence-corrected chi connectivity index (χ1v) is 6.50. The van der Waals surface area contributed by atoms with Crippen molar-refractivity contribution < 1.29 is 17.9 Å². The molecule has 126 valence electrons. The van der Waals surface area contributed by atoms with Gasteiger partial charge in [0.1, 0.15) is 5.75 Å². The van der Waals surface area contributed by atoms with Crippen LogP contribution in [0, 0.1) is 6.92 Å². The van der Waals surface area contributed by atoms with Gasteiger partial charge in [-0.15, -0.1) is 24.0 Å². The van der Waals surface area contributed by atoms with Crippen LogP contribution in [0.5, 0.6) is 5.75 Å². The summed E-state index contributed by atoms with van der Waals surface area (Å²) in [5, 5.41) is 5.59. The molecule has 0 saturated carbocycles. The summed E-state index contributed by atoms with van der Waals surface area (Å²) in [6, 6.07) is 5.70. The minimum atomic E-state index is -4.17. The highest BCUT2D eigenvalue weighted by atomic mass is 127. The molecule has 2 N–H and O–H groups in total. The van der Waals surface area contributed by atoms with E-state index in [0.717, 1.165) is 16.9 Å². The van der Waals surface area contributed by atoms with E-state index in [1.807, 2.05) is 25.1 Å². The molecule has 0 spiro atoms. The van der Waals surface area contributed by atoms with Gasteiger partial charge < -0.3 is 15.4 Å². The number of guanidine groups is 1. The zero-order valence-corrected chi connectivity index (χ0v) is 15.1. The maximum absolute atomic E-state index is 12.1. The van der Waals surface area contributed by atoms with Gasteiger partial charge in [0.05, 0.1) is 13.5 Å². The van der Waals surface area contributed by atoms with Crippen LogP contribution in [0.2, 0.25) is 0 Å². The Morgan fingerprint density at radius 3 is 2.45 bits per heavy atom. The molecule has 0 aliphatic heterocycles. The van der Waals surface area contributed by atoms with E-state index < -0.39 is 12.6 Å². The molecule has 22 heavy (non-hydrogen) atoms. The first kappa shape index (κ1) is 20.8. The average molecular weight is 431 g/mol. The molecule has 0 unspecified atom stereocenters. The second-order valence-electron chi connectivity index (χ2n) is 4.52. The summed E-state index contributed by atoms with van der Waals surface area (Å²) in [6.45, 7) is 2.19. The van der Waals surface area contributed by atoms with E-state index in [1.54, 1.807) is 7.11 Å². The largest absolute Gasteiger partial charge is 0.496 e. The summed E-state index contributed by atoms with van der Waals surface area (Å²) < 4.78 is 41.4. The molecule has 0 fully saturated rings. The number of nitrogens with zero attached hydrogens (tertiary/aromatic N) is 1. The first-order chi connectivity index (χ1) is 9.85. The Bertz CT molecular complexity index is 493. The number of halogens is 4. The third-order valence-corrected chi connectivity index (χ3v) is 2.84. The number of benzene rings is 1. The summed E-state index contributed by atoms with van der Waals surface area (Å²) in [5.74, 6) is 1.14. The van der Waals surface area contributed by atoms with Crippen molar-refractivity contribution in [1.29, 1.82) is 0 Å². The molecule has 1 aromatic carbocycles. The van der Waals surface area contributed by atoms with Crippen molar-refractivity contribution in [3.63, 3.8) is 0 Å². The summed E-state index contributed by atoms with van der Waals surface area (Å²) in [5.41, 5.74) is 1.99. The van der Waals surface area contributed by atoms with E-state index in [4.69, 9.17) is 4.74 Å². The Hall–Kier alpha value is -1.19. The molecule has 0 amide bonds. The van der Waals surface area contributed by atoms with Crippen LogP contribution in [-0.4, -0.2) is 32.8 Å². The average Bonchev–Trinajstić information content (AvgIpc) is 2.41. The van der Waals surface area contributed by atoms with Crippen LogP contribution < -0.4 is 15.4 Å². The number of methoxy groups -OCH3 is 1. The predicted molar refractivity (Wildman–Crippen MR) is 92.0 cm³/mol. The Balaban J connectivity index is 0.00000441. The number of hydrogen-bond acceptors (Lipinski definition) is 2. The van der Waals surface area contributed by atoms with Crippen molar-refractivity contribution in [1.82, 2.24) is 10.6 Å². The lowest BCUT2D eigenvalue weighted by atomic mass is 10.1. The summed E-state index contributed by atoms with van der Waals surface area (Å²) in [6.07, 6.45) is -5.06. The van der Waals surface area contributed by atoms with Gasteiger partial charge in [0.25, 0.3) is 0 Å². The van der Waals surface area contributed by atoms with E-state index in [0.29, 0.717) is 12.5 Å². The summed E-state index contributed by atoms with van der Waals surface area (Å²) in [4.78, 5) is 3.88. The van der Waals surface area contributed by atoms with Gasteiger partial charge in [-0.3, -0.25) is 4.99 Å². The van der Waals surface area contributed by atoms with Crippen molar-refractivity contribution in [2.24, 2.45) is 4.99 Å². The van der Waals surface area contributed by atoms with E-state index in [-0.39, 0.29) is 30.5 Å². The molecule has 0 heterocycles. The van der Waals surface area contributed by atoms with Gasteiger partial charge in [-0.05, 0) is 24.1 Å². The normalized spacial score (nSPS) is 11.6. The van der Waals surface area contributed by atoms with Crippen molar-refractivity contribution in [2.75, 3.05) is 20.7 Å². The minimum Gasteiger partial charge on any atom is -0.496 e. The number of alkyl halides is 3. The lowest BCUT2D eigenvalue weighted by Crippen LogP contribution is -2.38. The second kappa shape index (κ2) is 9.75. The van der Waals surface area contributed by atoms with Crippen LogP contribution >= 0.6 is 24.0 Å². The molecule has 0 saturated heterocycles. The van der Waals surface area contributed by atoms with E-state index >= 15 is 0 Å². The predicted octanol–water partition coefficient (Wildman–Crippen LogP) is 3.24. The highest BCUT2D eigenvalue weighted by molar-refractivity contribution is 14.0. The van der Waals surface area contributed by atoms with Gasteiger partial charge >= 0.3 is 6.18 Å². The molecule has 0 radical (unpaired) electrons. The van der Waals surface area contributed by atoms with Crippen LogP contribution in [0.15, 0.2) is 23.2 Å². The lowest BCUT2D eigenvalue weighted by Gasteiger charge is -2.13. The molecule has 0 atom stereocenters. The van der Waals surface area contributed by atoms with Gasteiger partial charge in [0, 0.05) is 20.1 Å². The molecule has 0 bridgehead atoms. The van der Waals surface area contributed by atoms with Crippen molar-refractivity contribution in [3.05, 3.63) is 29.3 Å². The van der Waals surface area contributed by atoms with Crippen LogP contribution in [0.3, 0.4) is 0 Å². The Morgan fingerprint density at radius 2 is 1.95 bits per heavy atom. The standard InChI is InChI=1S/C14H20F3N3O.HI/c1-10-8-11(4-5-12(10)21-3)9-20-13(18-2)19-7-6-14(15,16)17;/h4-5,8H,6-7,9H2,1-3H3,(H2,18,19,20);1H. The van der Waals surface area contributed by atoms with Crippen LogP contribution in [0.1, 0.15) is 17.5 Å². The fourth-order valence-corrected chi connectivity index (χ4v) is 1.78. The number of hydrogen-bond donors (Lipinski definition) is 2. The topological polar surface area (TPSA) is 45.7 Å². The number of rotatable bonds is 5. The highest BCUT2D eigenvalue weighted by Crippen LogP contribution is 2.19. The van der Waals surface area contributed by atoms with Gasteiger partial charge in [0.15, 0.2) is 5.96 Å². The third-order valence-electron chi connectivity index (χ3n) is 2.84. The van der Waals surface area contributed by atoms with Gasteiger partial charge in [-0.1, -0.05) is 12.1 Å². The second-order valence-corrected chi connectivity index (χ2v) is 4.52. The van der Waals surface area contributed by atoms with Gasteiger partial charge in [0.2, 0.25) is 0 Å². The van der Waals surface area contributed by atoms with E-state index in [9.17, 15) is 13.2 Å². The maximum atomic E-state index is 12.1. The molecule has 8 heteroatoms. The molecular formula is C14H21F3IN3O. The molecule has 0 aliphatic carbocycles. The quantitative estimate of drug-likeness (QED) is 0.428. The fourth-order valence-electron chi connectivity index (χ4n) is 1.78. The number of aliphatic imine (C=N–C) groups is 1. The Kier molecular flexibility index (Phi) is 9.22. The Labute approximate surface area is 145 Å². The van der Waals surface area contributed by atoms with Crippen LogP contribution in [-0.2, 0) is 6.54 Å². The van der Waals surface area contributed by atoms with Crippen LogP contribution in [0.25, 0.3) is 0 Å². The highest BCUT2D eigenvalue weighted by Gasteiger charge is 2.26. The molecule has 4 nitrogen and oxygen atoms in total. The van der Waals surface area contributed by atoms with E-state index in [1.165, 1.54) is 7.05 Å². The molecule has 0 aromatic heterocycles. The van der Waals surface area contributed by atoms with Crippen molar-refractivity contribution in [3.8, 4) is 5.75 Å². The fraction of sp³-hybridized carbons (Fsp3) is 0.500. The van der Waals surface area contributed by atoms with Crippen molar-refractivity contribution >= 4 is 29.9 Å². The first-order valence-electron chi connectivity index (χ1n) is 6.50. The molecule has 0 aliphatic rings. The SMILES string of the molecule is CN=C(NCCC(F)(F)F)NCc1ccc(OC)c(C)c1.I. The van der Waals surface area contributed by atoms with E-state index in [2.05, 4.69) is 15.6 Å². The Morgan fingerprint density at radius 1 is 1.27 bits per heavy atom. The third kappa shape index (κ3) is 7.71. The van der Waals surface area contributed by atoms with Crippen molar-refractivity contribution in [2.45, 2.75) is 26.1 Å². The number of nitrogens with one attached hydrogen (secondary N) is 2. The monoisotopic (exact) mass is 431 g/mol. The zero-order chi connectivity index (χ0) is 15.9. The number of ether oxygens (including phenoxy) is 1.